The Morgan fingerprint density at radius 3 is 2.68 bits per heavy atom. The molecule has 0 amide bonds. The van der Waals surface area contributed by atoms with Gasteiger partial charge in [0.2, 0.25) is 0 Å². The first-order chi connectivity index (χ1) is 13.2. The summed E-state index contributed by atoms with van der Waals surface area (Å²) in [6, 6.07) is 9.86. The highest BCUT2D eigenvalue weighted by atomic mass is 32.2. The van der Waals surface area contributed by atoms with Crippen LogP contribution in [0.15, 0.2) is 47.4 Å². The first kappa shape index (κ1) is 19.7. The molecule has 1 aliphatic rings. The number of hydrogen-bond donors (Lipinski definition) is 3. The van der Waals surface area contributed by atoms with E-state index in [0.29, 0.717) is 22.7 Å². The lowest BCUT2D eigenvalue weighted by Crippen LogP contribution is -2.12. The summed E-state index contributed by atoms with van der Waals surface area (Å²) < 4.78 is 27.0. The molecular weight excluding hydrogens is 384 g/mol. The monoisotopic (exact) mass is 401 g/mol. The highest BCUT2D eigenvalue weighted by molar-refractivity contribution is 8.00. The summed E-state index contributed by atoms with van der Waals surface area (Å²) in [6.45, 7) is 4.29. The van der Waals surface area contributed by atoms with E-state index in [2.05, 4.69) is 23.3 Å². The van der Waals surface area contributed by atoms with Gasteiger partial charge in [-0.15, -0.1) is 11.8 Å². The number of aliphatic carboxylic acids is 1. The van der Waals surface area contributed by atoms with Crippen LogP contribution in [0.3, 0.4) is 0 Å². The Hall–Kier alpha value is -3.05. The summed E-state index contributed by atoms with van der Waals surface area (Å²) in [5.41, 5.74) is 2.98. The van der Waals surface area contributed by atoms with Crippen LogP contribution in [0, 0.1) is 11.3 Å². The minimum atomic E-state index is -2.93. The number of carbonyl (C=O) groups is 1. The predicted molar refractivity (Wildman–Crippen MR) is 106 cm³/mol. The van der Waals surface area contributed by atoms with E-state index in [-0.39, 0.29) is 17.7 Å². The van der Waals surface area contributed by atoms with Crippen LogP contribution < -0.4 is 10.6 Å². The van der Waals surface area contributed by atoms with Crippen LogP contribution in [0.2, 0.25) is 0 Å². The maximum Gasteiger partial charge on any atom is 0.332 e. The van der Waals surface area contributed by atoms with Gasteiger partial charge in [-0.2, -0.15) is 5.26 Å². The molecular formula is C20H17F2N3O2S. The molecule has 0 saturated heterocycles. The summed E-state index contributed by atoms with van der Waals surface area (Å²) >= 11 is 1.46. The van der Waals surface area contributed by atoms with Crippen LogP contribution in [0.1, 0.15) is 18.1 Å². The second-order valence-electron chi connectivity index (χ2n) is 6.36. The van der Waals surface area contributed by atoms with Gasteiger partial charge in [0.1, 0.15) is 6.07 Å². The Kier molecular flexibility index (Phi) is 5.29. The number of nitriles is 1. The van der Waals surface area contributed by atoms with Crippen molar-refractivity contribution in [2.45, 2.75) is 17.7 Å². The molecule has 0 radical (unpaired) electrons. The molecule has 0 saturated carbocycles. The van der Waals surface area contributed by atoms with Gasteiger partial charge in [0.05, 0.1) is 27.7 Å². The molecule has 5 nitrogen and oxygen atoms in total. The van der Waals surface area contributed by atoms with Crippen LogP contribution in [-0.2, 0) is 10.7 Å². The van der Waals surface area contributed by atoms with Crippen LogP contribution in [0.4, 0.5) is 20.2 Å². The van der Waals surface area contributed by atoms with E-state index in [0.717, 1.165) is 23.1 Å². The lowest BCUT2D eigenvalue weighted by molar-refractivity contribution is -0.132. The first-order valence-electron chi connectivity index (χ1n) is 8.34. The maximum atomic E-state index is 13.5. The molecule has 1 aliphatic heterocycles. The van der Waals surface area contributed by atoms with Crippen molar-refractivity contribution >= 4 is 29.1 Å². The van der Waals surface area contributed by atoms with Crippen molar-refractivity contribution in [1.29, 1.82) is 5.26 Å². The highest BCUT2D eigenvalue weighted by Gasteiger charge is 2.26. The van der Waals surface area contributed by atoms with Crippen molar-refractivity contribution in [2.24, 2.45) is 0 Å². The molecule has 2 aromatic rings. The SMILES string of the molecule is C=C(CNc1cc(-c2ccc(C(C)(F)F)cc2)c2c(c1C#N)SCN2)C(=O)O. The molecule has 0 bridgehead atoms. The minimum Gasteiger partial charge on any atom is -0.478 e. The van der Waals surface area contributed by atoms with Crippen molar-refractivity contribution in [1.82, 2.24) is 0 Å². The highest BCUT2D eigenvalue weighted by Crippen LogP contribution is 2.46. The van der Waals surface area contributed by atoms with Crippen molar-refractivity contribution in [3.05, 3.63) is 53.6 Å². The topological polar surface area (TPSA) is 85.2 Å². The van der Waals surface area contributed by atoms with E-state index in [1.165, 1.54) is 23.9 Å². The van der Waals surface area contributed by atoms with E-state index in [1.54, 1.807) is 18.2 Å². The Morgan fingerprint density at radius 1 is 1.43 bits per heavy atom. The molecule has 2 aromatic carbocycles. The third-order valence-electron chi connectivity index (χ3n) is 4.36. The summed E-state index contributed by atoms with van der Waals surface area (Å²) in [5, 5.41) is 24.8. The molecule has 8 heteroatoms. The van der Waals surface area contributed by atoms with Crippen LogP contribution in [0.25, 0.3) is 11.1 Å². The molecule has 0 spiro atoms. The number of thioether (sulfide) groups is 1. The zero-order chi connectivity index (χ0) is 20.5. The van der Waals surface area contributed by atoms with E-state index in [4.69, 9.17) is 5.11 Å². The van der Waals surface area contributed by atoms with Gasteiger partial charge in [-0.05, 0) is 11.6 Å². The normalized spacial score (nSPS) is 12.6. The van der Waals surface area contributed by atoms with E-state index >= 15 is 0 Å². The number of halogens is 2. The minimum absolute atomic E-state index is 0.0265. The maximum absolute atomic E-state index is 13.5. The fourth-order valence-electron chi connectivity index (χ4n) is 2.86. The van der Waals surface area contributed by atoms with E-state index in [1.807, 2.05) is 0 Å². The molecule has 28 heavy (non-hydrogen) atoms. The molecule has 0 atom stereocenters. The van der Waals surface area contributed by atoms with Crippen molar-refractivity contribution < 1.29 is 18.7 Å². The van der Waals surface area contributed by atoms with Gasteiger partial charge < -0.3 is 15.7 Å². The van der Waals surface area contributed by atoms with Gasteiger partial charge in [-0.25, -0.2) is 13.6 Å². The number of fused-ring (bicyclic) bond motifs is 1. The van der Waals surface area contributed by atoms with E-state index < -0.39 is 11.9 Å². The number of nitrogens with one attached hydrogen (secondary N) is 2. The zero-order valence-electron chi connectivity index (χ0n) is 15.0. The lowest BCUT2D eigenvalue weighted by atomic mass is 9.97. The van der Waals surface area contributed by atoms with Crippen molar-refractivity contribution in [3.63, 3.8) is 0 Å². The zero-order valence-corrected chi connectivity index (χ0v) is 15.8. The Balaban J connectivity index is 2.05. The molecule has 3 rings (SSSR count). The van der Waals surface area contributed by atoms with Gasteiger partial charge in [0.25, 0.3) is 5.92 Å². The van der Waals surface area contributed by atoms with E-state index in [9.17, 15) is 18.8 Å². The largest absolute Gasteiger partial charge is 0.478 e. The predicted octanol–water partition coefficient (Wildman–Crippen LogP) is 4.86. The van der Waals surface area contributed by atoms with Gasteiger partial charge >= 0.3 is 5.97 Å². The standard InChI is InChI=1S/C20H17F2N3O2S/c1-11(19(26)27)9-24-16-7-14(17-18(15(16)8-23)28-10-25-17)12-3-5-13(6-4-12)20(2,21)22/h3-7,24-25H,1,9-10H2,2H3,(H,26,27). The van der Waals surface area contributed by atoms with Crippen LogP contribution >= 0.6 is 11.8 Å². The number of benzene rings is 2. The number of alkyl halides is 2. The number of nitrogens with zero attached hydrogens (tertiary/aromatic N) is 1. The smallest absolute Gasteiger partial charge is 0.332 e. The number of carboxylic acid groups (broad SMARTS) is 1. The van der Waals surface area contributed by atoms with Crippen LogP contribution in [-0.4, -0.2) is 23.5 Å². The third kappa shape index (κ3) is 3.80. The van der Waals surface area contributed by atoms with Gasteiger partial charge in [-0.1, -0.05) is 30.8 Å². The average molecular weight is 401 g/mol. The average Bonchev–Trinajstić information content (AvgIpc) is 3.14. The Morgan fingerprint density at radius 2 is 2.11 bits per heavy atom. The molecule has 0 unspecified atom stereocenters. The molecule has 3 N–H and O–H groups in total. The lowest BCUT2D eigenvalue weighted by Gasteiger charge is -2.16. The molecule has 144 valence electrons. The Bertz CT molecular complexity index is 992. The summed E-state index contributed by atoms with van der Waals surface area (Å²) in [5.74, 6) is -3.48. The fraction of sp³-hybridized carbons (Fsp3) is 0.200. The summed E-state index contributed by atoms with van der Waals surface area (Å²) in [7, 11) is 0. The van der Waals surface area contributed by atoms with Gasteiger partial charge in [0, 0.05) is 30.2 Å². The van der Waals surface area contributed by atoms with Crippen molar-refractivity contribution in [2.75, 3.05) is 23.1 Å². The second kappa shape index (κ2) is 7.52. The molecule has 0 fully saturated rings. The third-order valence-corrected chi connectivity index (χ3v) is 5.34. The molecule has 1 heterocycles. The Labute approximate surface area is 165 Å². The summed E-state index contributed by atoms with van der Waals surface area (Å²) in [4.78, 5) is 11.7. The van der Waals surface area contributed by atoms with Crippen LogP contribution in [0.5, 0.6) is 0 Å². The fourth-order valence-corrected chi connectivity index (χ4v) is 3.84. The van der Waals surface area contributed by atoms with Gasteiger partial charge in [-0.3, -0.25) is 0 Å². The second-order valence-corrected chi connectivity index (χ2v) is 7.34. The number of carboxylic acids is 1. The van der Waals surface area contributed by atoms with Crippen molar-refractivity contribution in [3.8, 4) is 17.2 Å². The molecule has 0 aromatic heterocycles. The number of hydrogen-bond acceptors (Lipinski definition) is 5. The first-order valence-corrected chi connectivity index (χ1v) is 9.32. The quantitative estimate of drug-likeness (QED) is 0.599. The van der Waals surface area contributed by atoms with Gasteiger partial charge in [0.15, 0.2) is 0 Å². The number of rotatable bonds is 6. The molecule has 0 aliphatic carbocycles. The number of anilines is 2. The summed E-state index contributed by atoms with van der Waals surface area (Å²) in [6.07, 6.45) is 0.